The van der Waals surface area contributed by atoms with Gasteiger partial charge in [0.15, 0.2) is 5.75 Å². The average molecular weight is 1020 g/mol. The van der Waals surface area contributed by atoms with Crippen LogP contribution in [-0.4, -0.2) is 52.3 Å². The minimum Gasteiger partial charge on any atom is -0.871 e. The monoisotopic (exact) mass is 1020 g/mol. The molecule has 0 radical (unpaired) electrons. The number of esters is 1. The first-order valence-corrected chi connectivity index (χ1v) is 16.3. The summed E-state index contributed by atoms with van der Waals surface area (Å²) in [6.45, 7) is 0. The molecule has 0 heterocycles. The van der Waals surface area contributed by atoms with E-state index in [4.69, 9.17) is 107 Å². The second-order valence-corrected chi connectivity index (χ2v) is 12.2. The SMILES string of the molecule is COC(=O)c1c(Cl)ccc(Cl)c1OC.COc1c(Cl)ccc(Cl)c1C(=O)[O-].COc1c(Cl)ccc(Cl)c1C(=O)[O-].O=C([O-])c1c(Cl)ccc(Cl)c1[O-].[K+].[K+].[K+].[Na+]. The Kier molecular flexibility index (Phi) is 38.0. The number of carbonyl (C=O) groups excluding carboxylic acids is 4. The van der Waals surface area contributed by atoms with Crippen molar-refractivity contribution in [3.05, 3.63) is 111 Å². The Morgan fingerprint density at radius 2 is 0.661 bits per heavy atom. The third-order valence-corrected chi connectivity index (χ3v) is 8.30. The molecular weight excluding hydrogens is 1000 g/mol. The largest absolute Gasteiger partial charge is 1.00 e. The minimum absolute atomic E-state index is 0. The van der Waals surface area contributed by atoms with Crippen molar-refractivity contribution in [3.63, 3.8) is 0 Å². The van der Waals surface area contributed by atoms with E-state index in [1.54, 1.807) is 6.07 Å². The van der Waals surface area contributed by atoms with Crippen LogP contribution in [0.1, 0.15) is 41.4 Å². The summed E-state index contributed by atoms with van der Waals surface area (Å²) in [7, 11) is 5.29. The number of rotatable bonds is 7. The van der Waals surface area contributed by atoms with E-state index in [2.05, 4.69) is 4.74 Å². The number of carboxylic acids is 3. The molecule has 4 rings (SSSR count). The molecule has 0 aliphatic rings. The van der Waals surface area contributed by atoms with Gasteiger partial charge in [-0.3, -0.25) is 0 Å². The van der Waals surface area contributed by atoms with Gasteiger partial charge in [0.05, 0.1) is 87.6 Å². The van der Waals surface area contributed by atoms with Crippen LogP contribution in [0.2, 0.25) is 40.2 Å². The Balaban J connectivity index is -0.000000315. The van der Waals surface area contributed by atoms with E-state index < -0.39 is 35.2 Å². The van der Waals surface area contributed by atoms with Crippen molar-refractivity contribution in [1.29, 1.82) is 0 Å². The first kappa shape index (κ1) is 64.8. The molecule has 280 valence electrons. The molecule has 0 aliphatic carbocycles. The molecule has 0 atom stereocenters. The zero-order valence-corrected chi connectivity index (χ0v) is 48.0. The van der Waals surface area contributed by atoms with E-state index in [1.807, 2.05) is 0 Å². The summed E-state index contributed by atoms with van der Waals surface area (Å²) in [5, 5.41) is 43.3. The maximum absolute atomic E-state index is 11.3. The summed E-state index contributed by atoms with van der Waals surface area (Å²) < 4.78 is 19.1. The Bertz CT molecular complexity index is 1910. The predicted molar refractivity (Wildman–Crippen MR) is 189 cm³/mol. The Morgan fingerprint density at radius 3 is 0.893 bits per heavy atom. The second-order valence-electron chi connectivity index (χ2n) is 8.90. The maximum atomic E-state index is 11.3. The van der Waals surface area contributed by atoms with Crippen molar-refractivity contribution in [2.75, 3.05) is 28.4 Å². The molecule has 0 unspecified atom stereocenters. The number of carboxylic acid groups (broad SMARTS) is 3. The van der Waals surface area contributed by atoms with Gasteiger partial charge in [-0.05, 0) is 48.5 Å². The molecule has 0 spiro atoms. The van der Waals surface area contributed by atoms with Crippen LogP contribution in [0.15, 0.2) is 48.5 Å². The summed E-state index contributed by atoms with van der Waals surface area (Å²) in [6, 6.07) is 11.2. The quantitative estimate of drug-likeness (QED) is 0.126. The van der Waals surface area contributed by atoms with E-state index in [0.717, 1.165) is 0 Å². The molecule has 0 saturated carbocycles. The molecule has 0 aliphatic heterocycles. The summed E-state index contributed by atoms with van der Waals surface area (Å²) in [4.78, 5) is 42.9. The van der Waals surface area contributed by atoms with Gasteiger partial charge in [-0.2, -0.15) is 0 Å². The second kappa shape index (κ2) is 32.8. The normalized spacial score (nSPS) is 9.07. The van der Waals surface area contributed by atoms with Crippen LogP contribution >= 0.6 is 92.8 Å². The number of methoxy groups -OCH3 is 4. The van der Waals surface area contributed by atoms with Gasteiger partial charge in [-0.15, -0.1) is 0 Å². The summed E-state index contributed by atoms with van der Waals surface area (Å²) in [5.74, 6) is -5.56. The molecule has 56 heavy (non-hydrogen) atoms. The molecule has 12 nitrogen and oxygen atoms in total. The van der Waals surface area contributed by atoms with E-state index in [0.29, 0.717) is 5.02 Å². The Hall–Kier alpha value is 2.19. The van der Waals surface area contributed by atoms with Crippen molar-refractivity contribution < 1.29 is 242 Å². The third kappa shape index (κ3) is 19.3. The average Bonchev–Trinajstić information content (AvgIpc) is 3.09. The summed E-state index contributed by atoms with van der Waals surface area (Å²) >= 11 is 45.0. The van der Waals surface area contributed by atoms with Gasteiger partial charge in [0.25, 0.3) is 0 Å². The number of carbonyl (C=O) groups is 4. The zero-order valence-electron chi connectivity index (χ0n) is 30.5. The van der Waals surface area contributed by atoms with Gasteiger partial charge in [0.2, 0.25) is 0 Å². The number of ether oxygens (including phenoxy) is 4. The fourth-order valence-corrected chi connectivity index (χ4v) is 5.36. The van der Waals surface area contributed by atoms with Crippen molar-refractivity contribution >= 4 is 117 Å². The van der Waals surface area contributed by atoms with Crippen LogP contribution < -0.4 is 218 Å². The molecule has 0 saturated heterocycles. The number of halogens is 8. The van der Waals surface area contributed by atoms with Gasteiger partial charge in [0, 0.05) is 15.6 Å². The zero-order chi connectivity index (χ0) is 40.0. The fraction of sp³-hybridized carbons (Fsp3) is 0.125. The fourth-order valence-electron chi connectivity index (χ4n) is 3.59. The van der Waals surface area contributed by atoms with Crippen molar-refractivity contribution in [2.45, 2.75) is 0 Å². The molecule has 4 aromatic rings. The Morgan fingerprint density at radius 1 is 0.429 bits per heavy atom. The molecule has 0 aromatic heterocycles. The van der Waals surface area contributed by atoms with E-state index >= 15 is 0 Å². The molecule has 0 N–H and O–H groups in total. The van der Waals surface area contributed by atoms with Crippen LogP contribution in [0.25, 0.3) is 0 Å². The van der Waals surface area contributed by atoms with Crippen LogP contribution in [0.4, 0.5) is 0 Å². The number of hydrogen-bond donors (Lipinski definition) is 0. The third-order valence-electron chi connectivity index (χ3n) is 5.85. The molecule has 0 fully saturated rings. The van der Waals surface area contributed by atoms with Gasteiger partial charge < -0.3 is 53.8 Å². The van der Waals surface area contributed by atoms with E-state index in [-0.39, 0.29) is 253 Å². The maximum Gasteiger partial charge on any atom is 1.00 e. The van der Waals surface area contributed by atoms with Crippen LogP contribution in [0.3, 0.4) is 0 Å². The standard InChI is InChI=1S/C9H8Cl2O3.2C8H6Cl2O3.C7H4Cl2O3.3K.Na/c1-13-8-6(11)4-3-5(10)7(8)9(12)14-2;2*1-13-7-5(10)3-2-4(9)6(7)8(11)12;8-3-1-2-4(9)6(10)5(3)7(11)12;;;;/h3-4H,1-2H3;2*2-3H,1H3,(H,11,12);1-2,10H,(H,11,12);;;;/q;;;;4*+1/p-4. The van der Waals surface area contributed by atoms with Crippen LogP contribution in [0.5, 0.6) is 23.0 Å². The Labute approximate surface area is 510 Å². The first-order chi connectivity index (χ1) is 24.3. The minimum atomic E-state index is -1.62. The molecule has 4 aromatic carbocycles. The van der Waals surface area contributed by atoms with Gasteiger partial charge >= 0.3 is 190 Å². The topological polar surface area (TPSA) is 197 Å². The molecule has 24 heteroatoms. The number of benzene rings is 4. The number of aromatic carboxylic acids is 3. The van der Waals surface area contributed by atoms with Crippen LogP contribution in [-0.2, 0) is 4.74 Å². The first-order valence-electron chi connectivity index (χ1n) is 13.2. The van der Waals surface area contributed by atoms with E-state index in [1.165, 1.54) is 70.9 Å². The van der Waals surface area contributed by atoms with Crippen molar-refractivity contribution in [3.8, 4) is 23.0 Å². The molecule has 0 bridgehead atoms. The number of hydrogen-bond acceptors (Lipinski definition) is 12. The smallest absolute Gasteiger partial charge is 0.871 e. The summed E-state index contributed by atoms with van der Waals surface area (Å²) in [5.41, 5.74) is -0.901. The van der Waals surface area contributed by atoms with Crippen molar-refractivity contribution in [1.82, 2.24) is 0 Å². The molecular formula is C32H20Cl8K3NaO12. The van der Waals surface area contributed by atoms with E-state index in [9.17, 15) is 39.6 Å². The van der Waals surface area contributed by atoms with Gasteiger partial charge in [-0.1, -0.05) is 98.6 Å². The summed E-state index contributed by atoms with van der Waals surface area (Å²) in [6.07, 6.45) is 0. The molecule has 0 amide bonds. The van der Waals surface area contributed by atoms with Crippen molar-refractivity contribution in [2.24, 2.45) is 0 Å². The van der Waals surface area contributed by atoms with Crippen LogP contribution in [0, 0.1) is 0 Å². The van der Waals surface area contributed by atoms with Gasteiger partial charge in [-0.25, -0.2) is 4.79 Å². The predicted octanol–water partition coefficient (Wildman–Crippen LogP) is -6.03. The van der Waals surface area contributed by atoms with Gasteiger partial charge in [0.1, 0.15) is 17.1 Å².